The molecule has 204 valence electrons. The van der Waals surface area contributed by atoms with E-state index in [0.717, 1.165) is 27.1 Å². The number of amides is 1. The molecule has 2 heterocycles. The summed E-state index contributed by atoms with van der Waals surface area (Å²) in [6.07, 6.45) is -0.857. The van der Waals surface area contributed by atoms with Gasteiger partial charge in [0.25, 0.3) is 11.5 Å². The van der Waals surface area contributed by atoms with Gasteiger partial charge in [0, 0.05) is 18.0 Å². The molecule has 0 aliphatic rings. The number of carbonyl (C=O) groups excluding carboxylic acids is 2. The normalized spacial score (nSPS) is 11.9. The van der Waals surface area contributed by atoms with E-state index in [1.807, 2.05) is 68.4 Å². The van der Waals surface area contributed by atoms with Gasteiger partial charge in [-0.2, -0.15) is 0 Å². The Labute approximate surface area is 235 Å². The molecule has 0 radical (unpaired) electrons. The number of carbonyl (C=O) groups is 2. The van der Waals surface area contributed by atoms with E-state index in [1.165, 1.54) is 15.9 Å². The Morgan fingerprint density at radius 1 is 1.02 bits per heavy atom. The van der Waals surface area contributed by atoms with Crippen molar-refractivity contribution in [2.45, 2.75) is 33.3 Å². The standard InChI is InChI=1S/C31H29N3O5S/c1-5-24(28(35)33-31-32-23-16-15-20(38-6-2)17-25(23)40-31)39-30(37)27-26(19-13-11-18(3)12-14-19)21-9-7-8-10-22(21)29(36)34(27)4/h7-17,24H,5-6H2,1-4H3,(H,32,33,35). The zero-order chi connectivity index (χ0) is 28.4. The molecule has 2 aromatic heterocycles. The van der Waals surface area contributed by atoms with Crippen LogP contribution in [0.3, 0.4) is 0 Å². The predicted molar refractivity (Wildman–Crippen MR) is 158 cm³/mol. The quantitative estimate of drug-likeness (QED) is 0.232. The number of esters is 1. The van der Waals surface area contributed by atoms with E-state index >= 15 is 0 Å². The molecule has 0 saturated heterocycles. The van der Waals surface area contributed by atoms with E-state index in [9.17, 15) is 14.4 Å². The molecular weight excluding hydrogens is 526 g/mol. The lowest BCUT2D eigenvalue weighted by Crippen LogP contribution is -2.34. The fourth-order valence-electron chi connectivity index (χ4n) is 4.62. The first kappa shape index (κ1) is 27.1. The highest BCUT2D eigenvalue weighted by Crippen LogP contribution is 2.32. The van der Waals surface area contributed by atoms with Crippen molar-refractivity contribution >= 4 is 49.3 Å². The fourth-order valence-corrected chi connectivity index (χ4v) is 5.52. The van der Waals surface area contributed by atoms with Crippen molar-refractivity contribution in [2.75, 3.05) is 11.9 Å². The van der Waals surface area contributed by atoms with Crippen LogP contribution in [0.5, 0.6) is 5.75 Å². The van der Waals surface area contributed by atoms with E-state index in [1.54, 1.807) is 26.1 Å². The van der Waals surface area contributed by atoms with E-state index < -0.39 is 18.0 Å². The second-order valence-corrected chi connectivity index (χ2v) is 10.4. The van der Waals surface area contributed by atoms with E-state index in [-0.39, 0.29) is 17.7 Å². The lowest BCUT2D eigenvalue weighted by atomic mass is 9.96. The Hall–Kier alpha value is -4.50. The molecule has 0 spiro atoms. The summed E-state index contributed by atoms with van der Waals surface area (Å²) < 4.78 is 13.5. The van der Waals surface area contributed by atoms with Crippen LogP contribution < -0.4 is 15.6 Å². The van der Waals surface area contributed by atoms with Crippen molar-refractivity contribution < 1.29 is 19.1 Å². The first-order chi connectivity index (χ1) is 19.3. The summed E-state index contributed by atoms with van der Waals surface area (Å²) in [4.78, 5) is 44.6. The highest BCUT2D eigenvalue weighted by Gasteiger charge is 2.28. The van der Waals surface area contributed by atoms with Crippen LogP contribution in [-0.4, -0.2) is 34.1 Å². The maximum atomic E-state index is 13.7. The smallest absolute Gasteiger partial charge is 0.356 e. The van der Waals surface area contributed by atoms with Crippen molar-refractivity contribution in [1.82, 2.24) is 9.55 Å². The number of aromatic nitrogens is 2. The number of anilines is 1. The Kier molecular flexibility index (Phi) is 7.66. The lowest BCUT2D eigenvalue weighted by Gasteiger charge is -2.20. The SMILES string of the molecule is CCOc1ccc2nc(NC(=O)C(CC)OC(=O)c3c(-c4ccc(C)cc4)c4ccccc4c(=O)n3C)sc2c1. The molecular formula is C31H29N3O5S. The van der Waals surface area contributed by atoms with Gasteiger partial charge in [-0.05, 0) is 55.5 Å². The van der Waals surface area contributed by atoms with Gasteiger partial charge in [-0.1, -0.05) is 66.3 Å². The lowest BCUT2D eigenvalue weighted by molar-refractivity contribution is -0.124. The molecule has 5 rings (SSSR count). The molecule has 40 heavy (non-hydrogen) atoms. The van der Waals surface area contributed by atoms with Crippen molar-refractivity contribution in [2.24, 2.45) is 7.05 Å². The maximum Gasteiger partial charge on any atom is 0.356 e. The molecule has 0 bridgehead atoms. The van der Waals surface area contributed by atoms with Crippen LogP contribution >= 0.6 is 11.3 Å². The highest BCUT2D eigenvalue weighted by atomic mass is 32.1. The summed E-state index contributed by atoms with van der Waals surface area (Å²) in [6.45, 7) is 6.19. The number of hydrogen-bond acceptors (Lipinski definition) is 7. The molecule has 1 N–H and O–H groups in total. The van der Waals surface area contributed by atoms with Crippen molar-refractivity contribution in [3.8, 4) is 16.9 Å². The molecule has 1 atom stereocenters. The molecule has 0 aliphatic heterocycles. The highest BCUT2D eigenvalue weighted by molar-refractivity contribution is 7.22. The zero-order valence-corrected chi connectivity index (χ0v) is 23.5. The van der Waals surface area contributed by atoms with Crippen molar-refractivity contribution in [3.05, 3.63) is 88.3 Å². The average Bonchev–Trinajstić information content (AvgIpc) is 3.35. The summed E-state index contributed by atoms with van der Waals surface area (Å²) in [5.41, 5.74) is 2.90. The summed E-state index contributed by atoms with van der Waals surface area (Å²) >= 11 is 1.31. The molecule has 0 saturated carbocycles. The topological polar surface area (TPSA) is 99.5 Å². The number of aryl methyl sites for hydroxylation is 1. The minimum absolute atomic E-state index is 0.0854. The second kappa shape index (κ2) is 11.3. The molecule has 0 fully saturated rings. The number of fused-ring (bicyclic) bond motifs is 2. The van der Waals surface area contributed by atoms with Gasteiger partial charge in [0.2, 0.25) is 0 Å². The Balaban J connectivity index is 1.47. The second-order valence-electron chi connectivity index (χ2n) is 9.37. The molecule has 1 amide bonds. The molecule has 9 heteroatoms. The summed E-state index contributed by atoms with van der Waals surface area (Å²) in [5, 5.41) is 4.30. The van der Waals surface area contributed by atoms with Crippen LogP contribution in [0.25, 0.3) is 32.1 Å². The van der Waals surface area contributed by atoms with Crippen molar-refractivity contribution in [3.63, 3.8) is 0 Å². The number of rotatable bonds is 8. The van der Waals surface area contributed by atoms with Gasteiger partial charge in [0.05, 0.1) is 16.8 Å². The number of ether oxygens (including phenoxy) is 2. The van der Waals surface area contributed by atoms with E-state index in [2.05, 4.69) is 10.3 Å². The minimum atomic E-state index is -1.09. The molecule has 1 unspecified atom stereocenters. The third kappa shape index (κ3) is 5.20. The number of pyridine rings is 1. The van der Waals surface area contributed by atoms with Crippen LogP contribution in [-0.2, 0) is 16.6 Å². The Morgan fingerprint density at radius 2 is 1.75 bits per heavy atom. The Morgan fingerprint density at radius 3 is 2.45 bits per heavy atom. The number of nitrogens with one attached hydrogen (secondary N) is 1. The predicted octanol–water partition coefficient (Wildman–Crippen LogP) is 6.10. The fraction of sp³-hybridized carbons (Fsp3) is 0.226. The summed E-state index contributed by atoms with van der Waals surface area (Å²) in [7, 11) is 1.54. The summed E-state index contributed by atoms with van der Waals surface area (Å²) in [5.74, 6) is -0.529. The van der Waals surface area contributed by atoms with Crippen LogP contribution in [0.4, 0.5) is 5.13 Å². The van der Waals surface area contributed by atoms with Gasteiger partial charge in [-0.15, -0.1) is 0 Å². The first-order valence-corrected chi connectivity index (χ1v) is 13.9. The number of hydrogen-bond donors (Lipinski definition) is 1. The van der Waals surface area contributed by atoms with Gasteiger partial charge < -0.3 is 14.0 Å². The largest absolute Gasteiger partial charge is 0.494 e. The third-order valence-corrected chi connectivity index (χ3v) is 7.58. The number of nitrogens with zero attached hydrogens (tertiary/aromatic N) is 2. The zero-order valence-electron chi connectivity index (χ0n) is 22.7. The van der Waals surface area contributed by atoms with Crippen LogP contribution in [0.2, 0.25) is 0 Å². The van der Waals surface area contributed by atoms with Gasteiger partial charge in [-0.3, -0.25) is 14.9 Å². The first-order valence-electron chi connectivity index (χ1n) is 13.0. The summed E-state index contributed by atoms with van der Waals surface area (Å²) in [6, 6.07) is 20.4. The van der Waals surface area contributed by atoms with Gasteiger partial charge in [0.15, 0.2) is 11.2 Å². The van der Waals surface area contributed by atoms with E-state index in [4.69, 9.17) is 9.47 Å². The van der Waals surface area contributed by atoms with Gasteiger partial charge in [-0.25, -0.2) is 9.78 Å². The molecule has 8 nitrogen and oxygen atoms in total. The van der Waals surface area contributed by atoms with Crippen molar-refractivity contribution in [1.29, 1.82) is 0 Å². The molecule has 0 aliphatic carbocycles. The van der Waals surface area contributed by atoms with Crippen LogP contribution in [0.1, 0.15) is 36.3 Å². The monoisotopic (exact) mass is 555 g/mol. The Bertz CT molecular complexity index is 1790. The van der Waals surface area contributed by atoms with E-state index in [0.29, 0.717) is 28.1 Å². The number of thiazole rings is 1. The van der Waals surface area contributed by atoms with Crippen LogP contribution in [0, 0.1) is 6.92 Å². The molecule has 5 aromatic rings. The average molecular weight is 556 g/mol. The van der Waals surface area contributed by atoms with Crippen LogP contribution in [0.15, 0.2) is 71.5 Å². The maximum absolute atomic E-state index is 13.7. The third-order valence-electron chi connectivity index (χ3n) is 6.65. The number of benzene rings is 3. The molecule has 3 aromatic carbocycles. The van der Waals surface area contributed by atoms with Gasteiger partial charge >= 0.3 is 5.97 Å². The van der Waals surface area contributed by atoms with Gasteiger partial charge in [0.1, 0.15) is 11.4 Å². The minimum Gasteiger partial charge on any atom is -0.494 e.